The largest absolute Gasteiger partial charge is 0.495 e. The van der Waals surface area contributed by atoms with Gasteiger partial charge in [0.2, 0.25) is 0 Å². The molecule has 0 aliphatic carbocycles. The lowest BCUT2D eigenvalue weighted by Gasteiger charge is -2.14. The molecule has 0 atom stereocenters. The molecule has 0 bridgehead atoms. The van der Waals surface area contributed by atoms with E-state index in [1.807, 2.05) is 49.7 Å². The SMILES string of the molecule is COc1ccc(C)cc1-n1c(SCC(=O)O)nnc1-c1cc(C)nn1C. The van der Waals surface area contributed by atoms with Gasteiger partial charge in [0.25, 0.3) is 0 Å². The van der Waals surface area contributed by atoms with Crippen molar-refractivity contribution >= 4 is 17.7 Å². The zero-order valence-electron chi connectivity index (χ0n) is 14.9. The maximum Gasteiger partial charge on any atom is 0.313 e. The fourth-order valence-electron chi connectivity index (χ4n) is 2.67. The molecular formula is C17H19N5O3S. The molecule has 0 saturated carbocycles. The zero-order chi connectivity index (χ0) is 18.8. The van der Waals surface area contributed by atoms with Crippen molar-refractivity contribution < 1.29 is 14.6 Å². The van der Waals surface area contributed by atoms with Crippen LogP contribution in [0.1, 0.15) is 11.3 Å². The molecule has 2 aromatic heterocycles. The fraction of sp³-hybridized carbons (Fsp3) is 0.294. The van der Waals surface area contributed by atoms with Gasteiger partial charge < -0.3 is 9.84 Å². The van der Waals surface area contributed by atoms with Gasteiger partial charge in [-0.2, -0.15) is 5.10 Å². The molecule has 3 rings (SSSR count). The molecule has 0 aliphatic heterocycles. The standard InChI is InChI=1S/C17H19N5O3S/c1-10-5-6-14(25-4)12(7-10)22-16(13-8-11(2)20-21(13)3)18-19-17(22)26-9-15(23)24/h5-8H,9H2,1-4H3,(H,23,24). The van der Waals surface area contributed by atoms with Crippen LogP contribution in [-0.2, 0) is 11.8 Å². The Kier molecular flexibility index (Phi) is 4.99. The number of carboxylic acids is 1. The van der Waals surface area contributed by atoms with E-state index in [0.29, 0.717) is 16.7 Å². The van der Waals surface area contributed by atoms with Gasteiger partial charge in [0.1, 0.15) is 11.4 Å². The van der Waals surface area contributed by atoms with Crippen LogP contribution in [0, 0.1) is 13.8 Å². The summed E-state index contributed by atoms with van der Waals surface area (Å²) >= 11 is 1.11. The van der Waals surface area contributed by atoms with Crippen LogP contribution in [0.3, 0.4) is 0 Å². The molecule has 0 fully saturated rings. The monoisotopic (exact) mass is 373 g/mol. The maximum absolute atomic E-state index is 11.0. The Morgan fingerprint density at radius 2 is 2.04 bits per heavy atom. The van der Waals surface area contributed by atoms with Gasteiger partial charge in [-0.1, -0.05) is 17.8 Å². The minimum absolute atomic E-state index is 0.114. The van der Waals surface area contributed by atoms with E-state index in [9.17, 15) is 4.79 Å². The van der Waals surface area contributed by atoms with Crippen molar-refractivity contribution in [3.05, 3.63) is 35.5 Å². The van der Waals surface area contributed by atoms with E-state index in [-0.39, 0.29) is 5.75 Å². The molecular weight excluding hydrogens is 354 g/mol. The molecule has 1 aromatic carbocycles. The van der Waals surface area contributed by atoms with Gasteiger partial charge in [-0.3, -0.25) is 14.0 Å². The van der Waals surface area contributed by atoms with Gasteiger partial charge in [0.05, 0.1) is 24.2 Å². The summed E-state index contributed by atoms with van der Waals surface area (Å²) in [5.74, 6) is 0.188. The van der Waals surface area contributed by atoms with Crippen LogP contribution in [0.5, 0.6) is 5.75 Å². The first-order valence-electron chi connectivity index (χ1n) is 7.86. The highest BCUT2D eigenvalue weighted by molar-refractivity contribution is 7.99. The molecule has 2 heterocycles. The number of carboxylic acid groups (broad SMARTS) is 1. The summed E-state index contributed by atoms with van der Waals surface area (Å²) in [6.45, 7) is 3.88. The van der Waals surface area contributed by atoms with Crippen LogP contribution in [-0.4, -0.2) is 48.5 Å². The lowest BCUT2D eigenvalue weighted by atomic mass is 10.2. The van der Waals surface area contributed by atoms with Crippen LogP contribution >= 0.6 is 11.8 Å². The first-order chi connectivity index (χ1) is 12.4. The third-order valence-electron chi connectivity index (χ3n) is 3.76. The van der Waals surface area contributed by atoms with Gasteiger partial charge in [-0.25, -0.2) is 0 Å². The van der Waals surface area contributed by atoms with Crippen molar-refractivity contribution in [3.63, 3.8) is 0 Å². The van der Waals surface area contributed by atoms with Crippen LogP contribution in [0.2, 0.25) is 0 Å². The number of ether oxygens (including phenoxy) is 1. The number of hydrogen-bond donors (Lipinski definition) is 1. The number of aromatic nitrogens is 5. The summed E-state index contributed by atoms with van der Waals surface area (Å²) in [6, 6.07) is 7.69. The Hall–Kier alpha value is -2.81. The minimum Gasteiger partial charge on any atom is -0.495 e. The molecule has 1 N–H and O–H groups in total. The van der Waals surface area contributed by atoms with E-state index >= 15 is 0 Å². The van der Waals surface area contributed by atoms with Crippen LogP contribution in [0.4, 0.5) is 0 Å². The second-order valence-electron chi connectivity index (χ2n) is 5.79. The Bertz CT molecular complexity index is 963. The number of rotatable bonds is 6. The number of aryl methyl sites for hydroxylation is 3. The lowest BCUT2D eigenvalue weighted by molar-refractivity contribution is -0.133. The third kappa shape index (κ3) is 3.43. The fourth-order valence-corrected chi connectivity index (χ4v) is 3.33. The molecule has 9 heteroatoms. The number of hydrogen-bond acceptors (Lipinski definition) is 6. The average molecular weight is 373 g/mol. The molecule has 136 valence electrons. The van der Waals surface area contributed by atoms with Crippen molar-refractivity contribution in [3.8, 4) is 23.0 Å². The second kappa shape index (κ2) is 7.20. The van der Waals surface area contributed by atoms with Gasteiger partial charge >= 0.3 is 5.97 Å². The van der Waals surface area contributed by atoms with Gasteiger partial charge in [0, 0.05) is 7.05 Å². The molecule has 0 amide bonds. The maximum atomic E-state index is 11.0. The van der Waals surface area contributed by atoms with E-state index < -0.39 is 5.97 Å². The van der Waals surface area contributed by atoms with E-state index in [1.54, 1.807) is 11.8 Å². The molecule has 0 radical (unpaired) electrons. The molecule has 0 aliphatic rings. The van der Waals surface area contributed by atoms with E-state index in [4.69, 9.17) is 9.84 Å². The molecule has 0 spiro atoms. The van der Waals surface area contributed by atoms with Crippen LogP contribution < -0.4 is 4.74 Å². The number of methoxy groups -OCH3 is 1. The highest BCUT2D eigenvalue weighted by Crippen LogP contribution is 2.33. The first kappa shape index (κ1) is 18.0. The lowest BCUT2D eigenvalue weighted by Crippen LogP contribution is -2.06. The molecule has 0 unspecified atom stereocenters. The summed E-state index contributed by atoms with van der Waals surface area (Å²) < 4.78 is 9.05. The first-order valence-corrected chi connectivity index (χ1v) is 8.85. The van der Waals surface area contributed by atoms with Crippen molar-refractivity contribution in [2.24, 2.45) is 7.05 Å². The Balaban J connectivity index is 2.23. The highest BCUT2D eigenvalue weighted by Gasteiger charge is 2.22. The van der Waals surface area contributed by atoms with E-state index in [0.717, 1.165) is 34.4 Å². The average Bonchev–Trinajstić information content (AvgIpc) is 3.15. The van der Waals surface area contributed by atoms with Crippen LogP contribution in [0.25, 0.3) is 17.2 Å². The van der Waals surface area contributed by atoms with E-state index in [2.05, 4.69) is 15.3 Å². The number of carbonyl (C=O) groups is 1. The summed E-state index contributed by atoms with van der Waals surface area (Å²) in [4.78, 5) is 11.0. The summed E-state index contributed by atoms with van der Waals surface area (Å²) in [7, 11) is 3.43. The smallest absolute Gasteiger partial charge is 0.313 e. The third-order valence-corrected chi connectivity index (χ3v) is 4.68. The Labute approximate surface area is 154 Å². The van der Waals surface area contributed by atoms with Crippen LogP contribution in [0.15, 0.2) is 29.4 Å². The number of aliphatic carboxylic acids is 1. The molecule has 0 saturated heterocycles. The summed E-state index contributed by atoms with van der Waals surface area (Å²) in [5, 5.41) is 22.4. The molecule has 8 nitrogen and oxygen atoms in total. The highest BCUT2D eigenvalue weighted by atomic mass is 32.2. The normalized spacial score (nSPS) is 10.9. The Morgan fingerprint density at radius 3 is 2.65 bits per heavy atom. The van der Waals surface area contributed by atoms with Crippen molar-refractivity contribution in [2.45, 2.75) is 19.0 Å². The quantitative estimate of drug-likeness (QED) is 0.663. The zero-order valence-corrected chi connectivity index (χ0v) is 15.7. The van der Waals surface area contributed by atoms with Gasteiger partial charge in [0.15, 0.2) is 11.0 Å². The van der Waals surface area contributed by atoms with Gasteiger partial charge in [-0.15, -0.1) is 10.2 Å². The van der Waals surface area contributed by atoms with Gasteiger partial charge in [-0.05, 0) is 37.6 Å². The minimum atomic E-state index is -0.918. The molecule has 26 heavy (non-hydrogen) atoms. The predicted octanol–water partition coefficient (Wildman–Crippen LogP) is 2.47. The molecule has 3 aromatic rings. The van der Waals surface area contributed by atoms with E-state index in [1.165, 1.54) is 0 Å². The number of benzene rings is 1. The van der Waals surface area contributed by atoms with Crippen molar-refractivity contribution in [1.82, 2.24) is 24.5 Å². The topological polar surface area (TPSA) is 95.1 Å². The summed E-state index contributed by atoms with van der Waals surface area (Å²) in [5.41, 5.74) is 3.42. The van der Waals surface area contributed by atoms with Crippen molar-refractivity contribution in [1.29, 1.82) is 0 Å². The number of nitrogens with zero attached hydrogens (tertiary/aromatic N) is 5. The number of thioether (sulfide) groups is 1. The second-order valence-corrected chi connectivity index (χ2v) is 6.74. The Morgan fingerprint density at radius 1 is 1.27 bits per heavy atom. The van der Waals surface area contributed by atoms with Crippen molar-refractivity contribution in [2.75, 3.05) is 12.9 Å². The predicted molar refractivity (Wildman–Crippen MR) is 97.9 cm³/mol. The summed E-state index contributed by atoms with van der Waals surface area (Å²) in [6.07, 6.45) is 0.